The third kappa shape index (κ3) is 1.57. The van der Waals surface area contributed by atoms with Crippen molar-refractivity contribution >= 4 is 15.9 Å². The number of benzene rings is 1. The van der Waals surface area contributed by atoms with E-state index < -0.39 is 15.7 Å². The standard InChI is InChI=1S/C10H9FO3S/c11-8-2-1-7-5-9(3-4-12)15(13,14)10(7)6-8/h1-2,5-6,12H,3-4H2. The molecule has 1 aliphatic rings. The predicted octanol–water partition coefficient (Wildman–Crippen LogP) is 1.34. The first-order valence-corrected chi connectivity index (χ1v) is 5.90. The first kappa shape index (κ1) is 10.3. The fourth-order valence-electron chi connectivity index (χ4n) is 1.57. The highest BCUT2D eigenvalue weighted by Crippen LogP contribution is 2.34. The van der Waals surface area contributed by atoms with Crippen molar-refractivity contribution in [1.82, 2.24) is 0 Å². The molecular formula is C10H9FO3S. The maximum Gasteiger partial charge on any atom is 0.203 e. The lowest BCUT2D eigenvalue weighted by atomic mass is 10.2. The Morgan fingerprint density at radius 1 is 1.33 bits per heavy atom. The van der Waals surface area contributed by atoms with E-state index in [-0.39, 0.29) is 22.8 Å². The van der Waals surface area contributed by atoms with E-state index in [1.165, 1.54) is 18.2 Å². The Morgan fingerprint density at radius 2 is 2.07 bits per heavy atom. The predicted molar refractivity (Wildman–Crippen MR) is 53.3 cm³/mol. The Morgan fingerprint density at radius 3 is 2.73 bits per heavy atom. The fraction of sp³-hybridized carbons (Fsp3) is 0.200. The molecule has 0 unspecified atom stereocenters. The molecule has 0 atom stereocenters. The lowest BCUT2D eigenvalue weighted by Gasteiger charge is -2.01. The van der Waals surface area contributed by atoms with E-state index in [1.807, 2.05) is 0 Å². The average Bonchev–Trinajstić information content (AvgIpc) is 2.41. The van der Waals surface area contributed by atoms with Crippen LogP contribution in [0.2, 0.25) is 0 Å². The van der Waals surface area contributed by atoms with Gasteiger partial charge in [-0.1, -0.05) is 6.07 Å². The van der Waals surface area contributed by atoms with Gasteiger partial charge in [0, 0.05) is 13.0 Å². The largest absolute Gasteiger partial charge is 0.396 e. The second-order valence-corrected chi connectivity index (χ2v) is 5.24. The molecule has 1 heterocycles. The molecule has 0 radical (unpaired) electrons. The monoisotopic (exact) mass is 228 g/mol. The molecule has 1 N–H and O–H groups in total. The van der Waals surface area contributed by atoms with E-state index >= 15 is 0 Å². The Bertz CT molecular complexity index is 532. The molecule has 0 saturated heterocycles. The van der Waals surface area contributed by atoms with Gasteiger partial charge in [0.1, 0.15) is 5.82 Å². The quantitative estimate of drug-likeness (QED) is 0.831. The number of hydrogen-bond donors (Lipinski definition) is 1. The molecule has 0 amide bonds. The summed E-state index contributed by atoms with van der Waals surface area (Å²) in [6, 6.07) is 3.64. The molecule has 80 valence electrons. The second-order valence-electron chi connectivity index (χ2n) is 3.27. The number of aliphatic hydroxyl groups excluding tert-OH is 1. The van der Waals surface area contributed by atoms with Crippen LogP contribution < -0.4 is 0 Å². The second kappa shape index (κ2) is 3.43. The molecule has 2 rings (SSSR count). The summed E-state index contributed by atoms with van der Waals surface area (Å²) in [6.45, 7) is -0.235. The summed E-state index contributed by atoms with van der Waals surface area (Å²) in [7, 11) is -3.57. The normalized spacial score (nSPS) is 17.3. The minimum Gasteiger partial charge on any atom is -0.396 e. The lowest BCUT2D eigenvalue weighted by molar-refractivity contribution is 0.301. The van der Waals surface area contributed by atoms with Crippen LogP contribution in [0, 0.1) is 5.82 Å². The van der Waals surface area contributed by atoms with Crippen LogP contribution in [0.15, 0.2) is 28.0 Å². The van der Waals surface area contributed by atoms with Gasteiger partial charge in [-0.25, -0.2) is 12.8 Å². The van der Waals surface area contributed by atoms with E-state index in [0.717, 1.165) is 6.07 Å². The maximum absolute atomic E-state index is 12.9. The molecule has 15 heavy (non-hydrogen) atoms. The molecule has 0 saturated carbocycles. The summed E-state index contributed by atoms with van der Waals surface area (Å²) in [6.07, 6.45) is 1.54. The maximum atomic E-state index is 12.9. The summed E-state index contributed by atoms with van der Waals surface area (Å²) >= 11 is 0. The SMILES string of the molecule is O=S1(=O)C(CCO)=Cc2ccc(F)cc21. The number of sulfone groups is 1. The third-order valence-electron chi connectivity index (χ3n) is 2.28. The van der Waals surface area contributed by atoms with E-state index in [9.17, 15) is 12.8 Å². The van der Waals surface area contributed by atoms with Gasteiger partial charge in [0.25, 0.3) is 0 Å². The topological polar surface area (TPSA) is 54.4 Å². The van der Waals surface area contributed by atoms with Gasteiger partial charge in [-0.3, -0.25) is 0 Å². The van der Waals surface area contributed by atoms with Gasteiger partial charge >= 0.3 is 0 Å². The number of hydrogen-bond acceptors (Lipinski definition) is 3. The van der Waals surface area contributed by atoms with Gasteiger partial charge in [0.15, 0.2) is 0 Å². The smallest absolute Gasteiger partial charge is 0.203 e. The van der Waals surface area contributed by atoms with Crippen LogP contribution in [0.5, 0.6) is 0 Å². The van der Waals surface area contributed by atoms with Crippen molar-refractivity contribution in [1.29, 1.82) is 0 Å². The average molecular weight is 228 g/mol. The zero-order chi connectivity index (χ0) is 11.1. The first-order chi connectivity index (χ1) is 7.05. The number of fused-ring (bicyclic) bond motifs is 1. The molecule has 1 aliphatic heterocycles. The molecule has 0 bridgehead atoms. The van der Waals surface area contributed by atoms with Gasteiger partial charge in [-0.2, -0.15) is 0 Å². The van der Waals surface area contributed by atoms with Gasteiger partial charge in [-0.05, 0) is 23.8 Å². The molecule has 5 heteroatoms. The Kier molecular flexibility index (Phi) is 2.36. The van der Waals surface area contributed by atoms with Crippen molar-refractivity contribution < 1.29 is 17.9 Å². The Balaban J connectivity index is 2.58. The van der Waals surface area contributed by atoms with Crippen LogP contribution in [-0.2, 0) is 9.84 Å². The third-order valence-corrected chi connectivity index (χ3v) is 4.23. The highest BCUT2D eigenvalue weighted by Gasteiger charge is 2.29. The van der Waals surface area contributed by atoms with Gasteiger partial charge < -0.3 is 5.11 Å². The van der Waals surface area contributed by atoms with Crippen LogP contribution in [0.25, 0.3) is 6.08 Å². The minimum atomic E-state index is -3.57. The Labute approximate surface area is 86.8 Å². The van der Waals surface area contributed by atoms with Crippen molar-refractivity contribution in [3.05, 3.63) is 34.5 Å². The van der Waals surface area contributed by atoms with Crippen molar-refractivity contribution in [2.24, 2.45) is 0 Å². The highest BCUT2D eigenvalue weighted by molar-refractivity contribution is 7.95. The lowest BCUT2D eigenvalue weighted by Crippen LogP contribution is -2.02. The van der Waals surface area contributed by atoms with E-state index in [1.54, 1.807) is 0 Å². The minimum absolute atomic E-state index is 0.00838. The van der Waals surface area contributed by atoms with Crippen LogP contribution in [0.4, 0.5) is 4.39 Å². The van der Waals surface area contributed by atoms with Gasteiger partial charge in [0.05, 0.1) is 9.80 Å². The summed E-state index contributed by atoms with van der Waals surface area (Å²) < 4.78 is 36.4. The van der Waals surface area contributed by atoms with Crippen LogP contribution >= 0.6 is 0 Å². The van der Waals surface area contributed by atoms with Crippen molar-refractivity contribution in [2.45, 2.75) is 11.3 Å². The summed E-state index contributed by atoms with van der Waals surface area (Å²) in [5.74, 6) is -0.573. The molecule has 0 aliphatic carbocycles. The van der Waals surface area contributed by atoms with E-state index in [2.05, 4.69) is 0 Å². The zero-order valence-corrected chi connectivity index (χ0v) is 8.59. The fourth-order valence-corrected chi connectivity index (χ4v) is 3.20. The van der Waals surface area contributed by atoms with E-state index in [0.29, 0.717) is 5.56 Å². The van der Waals surface area contributed by atoms with Gasteiger partial charge in [0.2, 0.25) is 9.84 Å². The zero-order valence-electron chi connectivity index (χ0n) is 7.77. The molecule has 1 aromatic rings. The molecule has 3 nitrogen and oxygen atoms in total. The molecule has 0 spiro atoms. The highest BCUT2D eigenvalue weighted by atomic mass is 32.2. The van der Waals surface area contributed by atoms with E-state index in [4.69, 9.17) is 5.11 Å². The number of halogens is 1. The molecule has 0 fully saturated rings. The first-order valence-electron chi connectivity index (χ1n) is 4.42. The van der Waals surface area contributed by atoms with Crippen molar-refractivity contribution in [3.8, 4) is 0 Å². The van der Waals surface area contributed by atoms with Crippen molar-refractivity contribution in [3.63, 3.8) is 0 Å². The molecular weight excluding hydrogens is 219 g/mol. The molecule has 1 aromatic carbocycles. The van der Waals surface area contributed by atoms with Crippen LogP contribution in [-0.4, -0.2) is 20.1 Å². The van der Waals surface area contributed by atoms with Crippen LogP contribution in [0.1, 0.15) is 12.0 Å². The van der Waals surface area contributed by atoms with Crippen molar-refractivity contribution in [2.75, 3.05) is 6.61 Å². The molecule has 0 aromatic heterocycles. The summed E-state index contributed by atoms with van der Waals surface area (Å²) in [5.41, 5.74) is 0.486. The summed E-state index contributed by atoms with van der Waals surface area (Å²) in [5, 5.41) is 8.71. The number of rotatable bonds is 2. The summed E-state index contributed by atoms with van der Waals surface area (Å²) in [4.78, 5) is 0.136. The number of aliphatic hydroxyl groups is 1. The Hall–Kier alpha value is -1.20. The van der Waals surface area contributed by atoms with Crippen LogP contribution in [0.3, 0.4) is 0 Å². The van der Waals surface area contributed by atoms with Gasteiger partial charge in [-0.15, -0.1) is 0 Å².